The van der Waals surface area contributed by atoms with Crippen LogP contribution >= 0.6 is 24.8 Å². The third-order valence-electron chi connectivity index (χ3n) is 5.17. The second-order valence-electron chi connectivity index (χ2n) is 7.05. The lowest BCUT2D eigenvalue weighted by molar-refractivity contribution is 0.0698. The average Bonchev–Trinajstić information content (AvgIpc) is 3.21. The molecule has 0 aliphatic carbocycles. The number of aromatic nitrogens is 2. The van der Waals surface area contributed by atoms with Crippen LogP contribution in [0.25, 0.3) is 11.0 Å². The molecule has 1 fully saturated rings. The number of likely N-dealkylation sites (N-methyl/N-ethyl adjacent to an activating group) is 1. The fourth-order valence-corrected chi connectivity index (χ4v) is 3.59. The van der Waals surface area contributed by atoms with Gasteiger partial charge in [0.25, 0.3) is 11.8 Å². The summed E-state index contributed by atoms with van der Waals surface area (Å²) in [5.41, 5.74) is 3.33. The van der Waals surface area contributed by atoms with Gasteiger partial charge in [-0.05, 0) is 56.3 Å². The van der Waals surface area contributed by atoms with Crippen LogP contribution in [0, 0.1) is 0 Å². The zero-order valence-corrected chi connectivity index (χ0v) is 18.2. The van der Waals surface area contributed by atoms with Crippen LogP contribution < -0.4 is 10.6 Å². The standard InChI is InChI=1S/C21H23N5O2.2ClH/c1-22-17-6-3-9-26(12-17)21(28)15-4-2-5-16(10-15)25-20(27)14-7-8-18-19(11-14)24-13-23-18;;/h2,4-5,7-8,10-11,13,17,22H,3,6,9,12H2,1H3,(H,23,24)(H,25,27);2*1H. The average molecular weight is 450 g/mol. The Morgan fingerprint density at radius 1 is 1.13 bits per heavy atom. The first-order chi connectivity index (χ1) is 13.6. The van der Waals surface area contributed by atoms with Gasteiger partial charge in [-0.3, -0.25) is 9.59 Å². The number of piperidine rings is 1. The molecule has 1 aromatic heterocycles. The van der Waals surface area contributed by atoms with Crippen LogP contribution in [0.2, 0.25) is 0 Å². The minimum absolute atomic E-state index is 0. The number of imidazole rings is 1. The Hall–Kier alpha value is -2.61. The SMILES string of the molecule is CNC1CCCN(C(=O)c2cccc(NC(=O)c3ccc4nc[nH]c4c3)c2)C1.Cl.Cl. The summed E-state index contributed by atoms with van der Waals surface area (Å²) in [7, 11) is 1.93. The molecular weight excluding hydrogens is 425 g/mol. The van der Waals surface area contributed by atoms with Crippen molar-refractivity contribution in [1.82, 2.24) is 20.2 Å². The number of likely N-dealkylation sites (tertiary alicyclic amines) is 1. The van der Waals surface area contributed by atoms with Gasteiger partial charge in [-0.25, -0.2) is 4.98 Å². The molecule has 1 atom stereocenters. The molecule has 0 spiro atoms. The molecule has 3 N–H and O–H groups in total. The molecule has 2 amide bonds. The van der Waals surface area contributed by atoms with Crippen molar-refractivity contribution in [3.05, 3.63) is 59.9 Å². The number of halogens is 2. The largest absolute Gasteiger partial charge is 0.345 e. The van der Waals surface area contributed by atoms with Gasteiger partial charge in [0.1, 0.15) is 0 Å². The van der Waals surface area contributed by atoms with Gasteiger partial charge in [-0.15, -0.1) is 24.8 Å². The normalized spacial score (nSPS) is 15.8. The summed E-state index contributed by atoms with van der Waals surface area (Å²) in [6.45, 7) is 1.47. The first kappa shape index (κ1) is 23.7. The molecule has 2 heterocycles. The summed E-state index contributed by atoms with van der Waals surface area (Å²) in [6, 6.07) is 12.7. The Labute approximate surface area is 187 Å². The van der Waals surface area contributed by atoms with Crippen LogP contribution in [-0.2, 0) is 0 Å². The van der Waals surface area contributed by atoms with Crippen LogP contribution in [0.1, 0.15) is 33.6 Å². The molecule has 4 rings (SSSR count). The molecule has 1 aliphatic heterocycles. The van der Waals surface area contributed by atoms with Gasteiger partial charge in [-0.2, -0.15) is 0 Å². The van der Waals surface area contributed by atoms with E-state index in [-0.39, 0.29) is 36.6 Å². The molecule has 1 saturated heterocycles. The number of H-pyrrole nitrogens is 1. The second-order valence-corrected chi connectivity index (χ2v) is 7.05. The van der Waals surface area contributed by atoms with E-state index < -0.39 is 0 Å². The number of benzene rings is 2. The highest BCUT2D eigenvalue weighted by Crippen LogP contribution is 2.18. The van der Waals surface area contributed by atoms with E-state index in [1.165, 1.54) is 0 Å². The number of carbonyl (C=O) groups excluding carboxylic acids is 2. The Bertz CT molecular complexity index is 1020. The third kappa shape index (κ3) is 5.11. The van der Waals surface area contributed by atoms with Crippen molar-refractivity contribution in [1.29, 1.82) is 0 Å². The Morgan fingerprint density at radius 3 is 2.77 bits per heavy atom. The minimum Gasteiger partial charge on any atom is -0.345 e. The van der Waals surface area contributed by atoms with Gasteiger partial charge < -0.3 is 20.5 Å². The van der Waals surface area contributed by atoms with E-state index in [0.29, 0.717) is 29.4 Å². The molecule has 0 saturated carbocycles. The van der Waals surface area contributed by atoms with E-state index in [4.69, 9.17) is 0 Å². The van der Waals surface area contributed by atoms with E-state index in [2.05, 4.69) is 20.6 Å². The molecule has 1 aliphatic rings. The van der Waals surface area contributed by atoms with E-state index in [1.54, 1.807) is 48.8 Å². The van der Waals surface area contributed by atoms with Gasteiger partial charge in [0.15, 0.2) is 0 Å². The topological polar surface area (TPSA) is 90.1 Å². The predicted octanol–water partition coefficient (Wildman–Crippen LogP) is 3.48. The summed E-state index contributed by atoms with van der Waals surface area (Å²) in [6.07, 6.45) is 3.67. The number of hydrogen-bond acceptors (Lipinski definition) is 4. The summed E-state index contributed by atoms with van der Waals surface area (Å²) in [5, 5.41) is 6.13. The first-order valence-electron chi connectivity index (χ1n) is 9.45. The van der Waals surface area contributed by atoms with Crippen molar-refractivity contribution in [3.63, 3.8) is 0 Å². The zero-order valence-electron chi connectivity index (χ0n) is 16.6. The van der Waals surface area contributed by atoms with Crippen LogP contribution in [0.3, 0.4) is 0 Å². The molecule has 160 valence electrons. The summed E-state index contributed by atoms with van der Waals surface area (Å²) < 4.78 is 0. The lowest BCUT2D eigenvalue weighted by Gasteiger charge is -2.32. The molecular formula is C21H25Cl2N5O2. The maximum Gasteiger partial charge on any atom is 0.255 e. The molecule has 0 radical (unpaired) electrons. The lowest BCUT2D eigenvalue weighted by Crippen LogP contribution is -2.46. The number of nitrogens with zero attached hydrogens (tertiary/aromatic N) is 2. The minimum atomic E-state index is -0.227. The van der Waals surface area contributed by atoms with Gasteiger partial charge >= 0.3 is 0 Å². The van der Waals surface area contributed by atoms with Crippen molar-refractivity contribution >= 4 is 53.3 Å². The van der Waals surface area contributed by atoms with Crippen LogP contribution in [0.15, 0.2) is 48.8 Å². The van der Waals surface area contributed by atoms with Gasteiger partial charge in [0, 0.05) is 35.9 Å². The summed E-state index contributed by atoms with van der Waals surface area (Å²) >= 11 is 0. The zero-order chi connectivity index (χ0) is 19.5. The van der Waals surface area contributed by atoms with E-state index in [1.807, 2.05) is 11.9 Å². The van der Waals surface area contributed by atoms with Crippen molar-refractivity contribution < 1.29 is 9.59 Å². The van der Waals surface area contributed by atoms with E-state index in [9.17, 15) is 9.59 Å². The van der Waals surface area contributed by atoms with Gasteiger partial charge in [-0.1, -0.05) is 6.07 Å². The monoisotopic (exact) mass is 449 g/mol. The highest BCUT2D eigenvalue weighted by molar-refractivity contribution is 6.06. The first-order valence-corrected chi connectivity index (χ1v) is 9.45. The second kappa shape index (κ2) is 10.4. The fraction of sp³-hybridized carbons (Fsp3) is 0.286. The third-order valence-corrected chi connectivity index (χ3v) is 5.17. The van der Waals surface area contributed by atoms with Gasteiger partial charge in [0.2, 0.25) is 0 Å². The van der Waals surface area contributed by atoms with E-state index >= 15 is 0 Å². The number of anilines is 1. The highest BCUT2D eigenvalue weighted by atomic mass is 35.5. The predicted molar refractivity (Wildman–Crippen MR) is 123 cm³/mol. The number of rotatable bonds is 4. The van der Waals surface area contributed by atoms with Crippen LogP contribution in [-0.4, -0.2) is 52.9 Å². The quantitative estimate of drug-likeness (QED) is 0.568. The smallest absolute Gasteiger partial charge is 0.255 e. The highest BCUT2D eigenvalue weighted by Gasteiger charge is 2.23. The number of nitrogens with one attached hydrogen (secondary N) is 3. The van der Waals surface area contributed by atoms with Crippen molar-refractivity contribution in [2.75, 3.05) is 25.5 Å². The number of aromatic amines is 1. The Morgan fingerprint density at radius 2 is 1.97 bits per heavy atom. The molecule has 9 heteroatoms. The number of carbonyl (C=O) groups is 2. The molecule has 2 aromatic carbocycles. The van der Waals surface area contributed by atoms with E-state index in [0.717, 1.165) is 30.4 Å². The Balaban J connectivity index is 0.00000160. The molecule has 3 aromatic rings. The molecule has 30 heavy (non-hydrogen) atoms. The van der Waals surface area contributed by atoms with Crippen LogP contribution in [0.4, 0.5) is 5.69 Å². The maximum atomic E-state index is 12.9. The summed E-state index contributed by atoms with van der Waals surface area (Å²) in [5.74, 6) is -0.232. The number of fused-ring (bicyclic) bond motifs is 1. The van der Waals surface area contributed by atoms with Crippen molar-refractivity contribution in [2.24, 2.45) is 0 Å². The summed E-state index contributed by atoms with van der Waals surface area (Å²) in [4.78, 5) is 34.5. The molecule has 1 unspecified atom stereocenters. The van der Waals surface area contributed by atoms with Crippen LogP contribution in [0.5, 0.6) is 0 Å². The number of hydrogen-bond donors (Lipinski definition) is 3. The molecule has 7 nitrogen and oxygen atoms in total. The van der Waals surface area contributed by atoms with Crippen molar-refractivity contribution in [3.8, 4) is 0 Å². The Kier molecular flexibility index (Phi) is 8.23. The van der Waals surface area contributed by atoms with Crippen molar-refractivity contribution in [2.45, 2.75) is 18.9 Å². The fourth-order valence-electron chi connectivity index (χ4n) is 3.59. The lowest BCUT2D eigenvalue weighted by atomic mass is 10.0. The molecule has 0 bridgehead atoms. The van der Waals surface area contributed by atoms with Gasteiger partial charge in [0.05, 0.1) is 17.4 Å². The number of amides is 2. The maximum absolute atomic E-state index is 12.9.